The van der Waals surface area contributed by atoms with Gasteiger partial charge in [0, 0.05) is 11.6 Å². The molecule has 0 radical (unpaired) electrons. The number of hydrogen-bond acceptors (Lipinski definition) is 3. The van der Waals surface area contributed by atoms with Gasteiger partial charge in [0.15, 0.2) is 0 Å². The Labute approximate surface area is 87.4 Å². The second-order valence-electron chi connectivity index (χ2n) is 3.54. The van der Waals surface area contributed by atoms with Gasteiger partial charge >= 0.3 is 5.97 Å². The number of carboxylic acids is 1. The lowest BCUT2D eigenvalue weighted by Crippen LogP contribution is -2.21. The molecule has 1 aromatic rings. The van der Waals surface area contributed by atoms with Gasteiger partial charge in [-0.1, -0.05) is 6.07 Å². The molecule has 80 valence electrons. The standard InChI is InChI=1S/C11H12O4/c1-6-10(11(12)13)8-4-3-7(14-2)5-9(8)15-6/h3-6,10H,1-2H3,(H,12,13). The largest absolute Gasteiger partial charge is 0.497 e. The van der Waals surface area contributed by atoms with Crippen molar-refractivity contribution in [1.29, 1.82) is 0 Å². The Morgan fingerprint density at radius 3 is 2.87 bits per heavy atom. The first-order valence-corrected chi connectivity index (χ1v) is 4.71. The Kier molecular flexibility index (Phi) is 2.26. The molecule has 1 aromatic carbocycles. The predicted molar refractivity (Wildman–Crippen MR) is 53.5 cm³/mol. The van der Waals surface area contributed by atoms with Crippen LogP contribution in [-0.4, -0.2) is 24.3 Å². The Morgan fingerprint density at radius 1 is 1.53 bits per heavy atom. The number of methoxy groups -OCH3 is 1. The second-order valence-corrected chi connectivity index (χ2v) is 3.54. The topological polar surface area (TPSA) is 55.8 Å². The molecule has 0 aromatic heterocycles. The van der Waals surface area contributed by atoms with Gasteiger partial charge in [-0.25, -0.2) is 0 Å². The third kappa shape index (κ3) is 1.52. The van der Waals surface area contributed by atoms with Crippen molar-refractivity contribution in [2.75, 3.05) is 7.11 Å². The molecule has 2 rings (SSSR count). The van der Waals surface area contributed by atoms with Crippen LogP contribution in [-0.2, 0) is 4.79 Å². The molecular weight excluding hydrogens is 196 g/mol. The molecule has 0 saturated heterocycles. The summed E-state index contributed by atoms with van der Waals surface area (Å²) in [4.78, 5) is 11.0. The predicted octanol–water partition coefficient (Wildman–Crippen LogP) is 1.64. The molecule has 1 heterocycles. The molecule has 4 heteroatoms. The van der Waals surface area contributed by atoms with Gasteiger partial charge < -0.3 is 14.6 Å². The van der Waals surface area contributed by atoms with Crippen molar-refractivity contribution in [2.45, 2.75) is 18.9 Å². The van der Waals surface area contributed by atoms with Gasteiger partial charge in [-0.3, -0.25) is 4.79 Å². The molecular formula is C11H12O4. The first kappa shape index (κ1) is 9.83. The summed E-state index contributed by atoms with van der Waals surface area (Å²) in [5.74, 6) is -0.154. The van der Waals surface area contributed by atoms with Crippen LogP contribution in [0.5, 0.6) is 11.5 Å². The maximum absolute atomic E-state index is 11.0. The normalized spacial score (nSPS) is 23.1. The molecule has 0 aliphatic carbocycles. The lowest BCUT2D eigenvalue weighted by molar-refractivity contribution is -0.140. The van der Waals surface area contributed by atoms with Crippen LogP contribution in [0.25, 0.3) is 0 Å². The van der Waals surface area contributed by atoms with E-state index in [0.717, 1.165) is 5.56 Å². The summed E-state index contributed by atoms with van der Waals surface area (Å²) < 4.78 is 10.5. The van der Waals surface area contributed by atoms with E-state index in [-0.39, 0.29) is 6.10 Å². The molecule has 0 fully saturated rings. The van der Waals surface area contributed by atoms with Crippen LogP contribution in [0.15, 0.2) is 18.2 Å². The van der Waals surface area contributed by atoms with Gasteiger partial charge in [0.1, 0.15) is 23.5 Å². The molecule has 0 spiro atoms. The van der Waals surface area contributed by atoms with Crippen molar-refractivity contribution in [3.63, 3.8) is 0 Å². The van der Waals surface area contributed by atoms with Crippen LogP contribution in [0, 0.1) is 0 Å². The third-order valence-corrected chi connectivity index (χ3v) is 2.60. The van der Waals surface area contributed by atoms with Gasteiger partial charge in [-0.2, -0.15) is 0 Å². The third-order valence-electron chi connectivity index (χ3n) is 2.60. The van der Waals surface area contributed by atoms with Crippen molar-refractivity contribution in [3.05, 3.63) is 23.8 Å². The zero-order chi connectivity index (χ0) is 11.0. The quantitative estimate of drug-likeness (QED) is 0.802. The fourth-order valence-corrected chi connectivity index (χ4v) is 1.86. The maximum Gasteiger partial charge on any atom is 0.314 e. The van der Waals surface area contributed by atoms with Crippen LogP contribution >= 0.6 is 0 Å². The summed E-state index contributed by atoms with van der Waals surface area (Å²) in [5.41, 5.74) is 0.718. The Balaban J connectivity index is 2.43. The van der Waals surface area contributed by atoms with Crippen molar-refractivity contribution in [2.24, 2.45) is 0 Å². The van der Waals surface area contributed by atoms with Gasteiger partial charge in [0.2, 0.25) is 0 Å². The molecule has 0 bridgehead atoms. The minimum atomic E-state index is -0.855. The van der Waals surface area contributed by atoms with Gasteiger partial charge in [-0.05, 0) is 13.0 Å². The molecule has 1 N–H and O–H groups in total. The number of hydrogen-bond donors (Lipinski definition) is 1. The molecule has 2 unspecified atom stereocenters. The van der Waals surface area contributed by atoms with Crippen molar-refractivity contribution in [3.8, 4) is 11.5 Å². The summed E-state index contributed by atoms with van der Waals surface area (Å²) >= 11 is 0. The molecule has 2 atom stereocenters. The van der Waals surface area contributed by atoms with Gasteiger partial charge in [0.05, 0.1) is 7.11 Å². The van der Waals surface area contributed by atoms with Crippen LogP contribution in [0.1, 0.15) is 18.4 Å². The number of carbonyl (C=O) groups is 1. The Morgan fingerprint density at radius 2 is 2.27 bits per heavy atom. The zero-order valence-corrected chi connectivity index (χ0v) is 8.56. The van der Waals surface area contributed by atoms with E-state index < -0.39 is 11.9 Å². The average Bonchev–Trinajstić information content (AvgIpc) is 2.52. The molecule has 4 nitrogen and oxygen atoms in total. The zero-order valence-electron chi connectivity index (χ0n) is 8.56. The highest BCUT2D eigenvalue weighted by Gasteiger charge is 2.36. The van der Waals surface area contributed by atoms with E-state index in [1.165, 1.54) is 0 Å². The number of ether oxygens (including phenoxy) is 2. The number of carboxylic acid groups (broad SMARTS) is 1. The van der Waals surface area contributed by atoms with Gasteiger partial charge in [0.25, 0.3) is 0 Å². The van der Waals surface area contributed by atoms with E-state index in [1.807, 2.05) is 0 Å². The summed E-state index contributed by atoms with van der Waals surface area (Å²) in [6.45, 7) is 1.76. The maximum atomic E-state index is 11.0. The monoisotopic (exact) mass is 208 g/mol. The van der Waals surface area contributed by atoms with Crippen LogP contribution in [0.2, 0.25) is 0 Å². The molecule has 15 heavy (non-hydrogen) atoms. The number of aliphatic carboxylic acids is 1. The van der Waals surface area contributed by atoms with Crippen molar-refractivity contribution < 1.29 is 19.4 Å². The first-order chi connectivity index (χ1) is 7.13. The van der Waals surface area contributed by atoms with E-state index >= 15 is 0 Å². The lowest BCUT2D eigenvalue weighted by Gasteiger charge is -2.08. The van der Waals surface area contributed by atoms with Crippen molar-refractivity contribution in [1.82, 2.24) is 0 Å². The number of fused-ring (bicyclic) bond motifs is 1. The fraction of sp³-hybridized carbons (Fsp3) is 0.364. The SMILES string of the molecule is COc1ccc2c(c1)OC(C)C2C(=O)O. The summed E-state index contributed by atoms with van der Waals surface area (Å²) in [7, 11) is 1.56. The summed E-state index contributed by atoms with van der Waals surface area (Å²) in [6.07, 6.45) is -0.329. The van der Waals surface area contributed by atoms with Crippen LogP contribution < -0.4 is 9.47 Å². The van der Waals surface area contributed by atoms with E-state index in [1.54, 1.807) is 32.2 Å². The first-order valence-electron chi connectivity index (χ1n) is 4.71. The fourth-order valence-electron chi connectivity index (χ4n) is 1.86. The molecule has 0 amide bonds. The van der Waals surface area contributed by atoms with Crippen molar-refractivity contribution >= 4 is 5.97 Å². The number of benzene rings is 1. The minimum absolute atomic E-state index is 0.329. The smallest absolute Gasteiger partial charge is 0.314 e. The highest BCUT2D eigenvalue weighted by molar-refractivity contribution is 5.79. The summed E-state index contributed by atoms with van der Waals surface area (Å²) in [6, 6.07) is 5.21. The summed E-state index contributed by atoms with van der Waals surface area (Å²) in [5, 5.41) is 9.05. The highest BCUT2D eigenvalue weighted by atomic mass is 16.5. The number of rotatable bonds is 2. The average molecular weight is 208 g/mol. The molecule has 0 saturated carbocycles. The van der Waals surface area contributed by atoms with Crippen LogP contribution in [0.3, 0.4) is 0 Å². The molecule has 1 aliphatic rings. The lowest BCUT2D eigenvalue weighted by atomic mass is 9.96. The van der Waals surface area contributed by atoms with Crippen LogP contribution in [0.4, 0.5) is 0 Å². The van der Waals surface area contributed by atoms with Gasteiger partial charge in [-0.15, -0.1) is 0 Å². The highest BCUT2D eigenvalue weighted by Crippen LogP contribution is 2.40. The van der Waals surface area contributed by atoms with E-state index in [9.17, 15) is 4.79 Å². The van der Waals surface area contributed by atoms with E-state index in [0.29, 0.717) is 11.5 Å². The van der Waals surface area contributed by atoms with E-state index in [2.05, 4.69) is 0 Å². The second kappa shape index (κ2) is 3.46. The van der Waals surface area contributed by atoms with E-state index in [4.69, 9.17) is 14.6 Å². The minimum Gasteiger partial charge on any atom is -0.497 e. The Hall–Kier alpha value is -1.71. The molecule has 1 aliphatic heterocycles. The Bertz CT molecular complexity index is 400.